The number of carbonyl (C=O) groups is 1. The Kier molecular flexibility index (Phi) is 4.29. The Labute approximate surface area is 123 Å². The van der Waals surface area contributed by atoms with Crippen molar-refractivity contribution in [1.82, 2.24) is 14.7 Å². The molecule has 1 N–H and O–H groups in total. The van der Waals surface area contributed by atoms with Crippen LogP contribution in [-0.4, -0.2) is 27.8 Å². The predicted octanol–water partition coefficient (Wildman–Crippen LogP) is 3.05. The Morgan fingerprint density at radius 3 is 2.90 bits per heavy atom. The summed E-state index contributed by atoms with van der Waals surface area (Å²) in [6, 6.07) is 5.26. The Bertz CT molecular complexity index is 623. The van der Waals surface area contributed by atoms with Crippen LogP contribution in [0.15, 0.2) is 30.6 Å². The second-order valence-electron chi connectivity index (χ2n) is 4.72. The van der Waals surface area contributed by atoms with Crippen molar-refractivity contribution in [3.63, 3.8) is 0 Å². The van der Waals surface area contributed by atoms with Crippen molar-refractivity contribution in [2.45, 2.75) is 13.5 Å². The first-order valence-corrected chi connectivity index (χ1v) is 6.60. The zero-order valence-corrected chi connectivity index (χ0v) is 12.5. The largest absolute Gasteiger partial charge is 0.323 e. The quantitative estimate of drug-likeness (QED) is 0.945. The van der Waals surface area contributed by atoms with Gasteiger partial charge in [-0.1, -0.05) is 17.7 Å². The van der Waals surface area contributed by atoms with Crippen molar-refractivity contribution in [3.05, 3.63) is 46.7 Å². The molecule has 0 saturated carbocycles. The van der Waals surface area contributed by atoms with Crippen molar-refractivity contribution in [2.24, 2.45) is 7.05 Å². The number of amides is 2. The smallest absolute Gasteiger partial charge is 0.321 e. The highest BCUT2D eigenvalue weighted by Crippen LogP contribution is 2.23. The van der Waals surface area contributed by atoms with Crippen LogP contribution < -0.4 is 5.32 Å². The molecule has 2 rings (SSSR count). The fourth-order valence-corrected chi connectivity index (χ4v) is 2.03. The first kappa shape index (κ1) is 14.4. The van der Waals surface area contributed by atoms with E-state index < -0.39 is 0 Å². The van der Waals surface area contributed by atoms with E-state index in [1.165, 1.54) is 0 Å². The molecule has 0 fully saturated rings. The van der Waals surface area contributed by atoms with Gasteiger partial charge in [-0.15, -0.1) is 0 Å². The summed E-state index contributed by atoms with van der Waals surface area (Å²) in [5.41, 5.74) is 2.56. The molecule has 20 heavy (non-hydrogen) atoms. The molecule has 2 aromatic rings. The number of aryl methyl sites for hydroxylation is 1. The lowest BCUT2D eigenvalue weighted by molar-refractivity contribution is 0.220. The first-order valence-electron chi connectivity index (χ1n) is 6.22. The minimum absolute atomic E-state index is 0.181. The van der Waals surface area contributed by atoms with Crippen LogP contribution in [0.5, 0.6) is 0 Å². The minimum atomic E-state index is -0.181. The number of benzene rings is 1. The third-order valence-electron chi connectivity index (χ3n) is 3.03. The van der Waals surface area contributed by atoms with Crippen LogP contribution >= 0.6 is 11.6 Å². The molecule has 0 atom stereocenters. The van der Waals surface area contributed by atoms with Gasteiger partial charge in [0.2, 0.25) is 0 Å². The molecular weight excluding hydrogens is 276 g/mol. The Balaban J connectivity index is 2.02. The van der Waals surface area contributed by atoms with Crippen LogP contribution in [0.3, 0.4) is 0 Å². The van der Waals surface area contributed by atoms with Gasteiger partial charge < -0.3 is 10.2 Å². The van der Waals surface area contributed by atoms with Crippen LogP contribution in [0.4, 0.5) is 10.5 Å². The first-order chi connectivity index (χ1) is 9.47. The zero-order valence-electron chi connectivity index (χ0n) is 11.7. The number of nitrogens with zero attached hydrogens (tertiary/aromatic N) is 3. The average Bonchev–Trinajstić information content (AvgIpc) is 2.80. The maximum absolute atomic E-state index is 12.1. The topological polar surface area (TPSA) is 50.2 Å². The highest BCUT2D eigenvalue weighted by atomic mass is 35.5. The van der Waals surface area contributed by atoms with Crippen molar-refractivity contribution in [2.75, 3.05) is 12.4 Å². The molecule has 6 heteroatoms. The molecule has 0 aliphatic rings. The lowest BCUT2D eigenvalue weighted by Crippen LogP contribution is -2.31. The summed E-state index contributed by atoms with van der Waals surface area (Å²) in [6.07, 6.45) is 3.63. The number of hydrogen-bond donors (Lipinski definition) is 1. The summed E-state index contributed by atoms with van der Waals surface area (Å²) in [5.74, 6) is 0. The number of hydrogen-bond acceptors (Lipinski definition) is 2. The number of urea groups is 1. The van der Waals surface area contributed by atoms with Crippen LogP contribution in [0.1, 0.15) is 11.1 Å². The predicted molar refractivity (Wildman–Crippen MR) is 79.9 cm³/mol. The summed E-state index contributed by atoms with van der Waals surface area (Å²) in [4.78, 5) is 13.7. The third kappa shape index (κ3) is 3.30. The number of anilines is 1. The van der Waals surface area contributed by atoms with E-state index in [1.54, 1.807) is 28.9 Å². The Morgan fingerprint density at radius 2 is 2.25 bits per heavy atom. The van der Waals surface area contributed by atoms with Gasteiger partial charge in [0.1, 0.15) is 0 Å². The van der Waals surface area contributed by atoms with E-state index in [9.17, 15) is 4.79 Å². The number of carbonyl (C=O) groups excluding carboxylic acids is 1. The van der Waals surface area contributed by atoms with Gasteiger partial charge in [0, 0.05) is 36.6 Å². The van der Waals surface area contributed by atoms with Crippen molar-refractivity contribution in [1.29, 1.82) is 0 Å². The molecule has 1 aromatic heterocycles. The van der Waals surface area contributed by atoms with Crippen LogP contribution in [0, 0.1) is 6.92 Å². The maximum atomic E-state index is 12.1. The van der Waals surface area contributed by atoms with Crippen LogP contribution in [0.25, 0.3) is 0 Å². The molecule has 0 aliphatic carbocycles. The van der Waals surface area contributed by atoms with Crippen molar-refractivity contribution >= 4 is 23.3 Å². The minimum Gasteiger partial charge on any atom is -0.323 e. The molecule has 0 saturated heterocycles. The molecule has 0 aliphatic heterocycles. The molecule has 1 heterocycles. The van der Waals surface area contributed by atoms with E-state index in [0.29, 0.717) is 11.6 Å². The zero-order chi connectivity index (χ0) is 14.7. The monoisotopic (exact) mass is 292 g/mol. The second-order valence-corrected chi connectivity index (χ2v) is 5.13. The highest BCUT2D eigenvalue weighted by molar-refractivity contribution is 6.31. The number of rotatable bonds is 3. The molecular formula is C14H17ClN4O. The van der Waals surface area contributed by atoms with Crippen molar-refractivity contribution in [3.8, 4) is 0 Å². The lowest BCUT2D eigenvalue weighted by atomic mass is 10.2. The lowest BCUT2D eigenvalue weighted by Gasteiger charge is -2.18. The summed E-state index contributed by atoms with van der Waals surface area (Å²) >= 11 is 6.03. The van der Waals surface area contributed by atoms with Crippen LogP contribution in [-0.2, 0) is 13.6 Å². The molecule has 0 unspecified atom stereocenters. The van der Waals surface area contributed by atoms with E-state index >= 15 is 0 Å². The molecule has 2 amide bonds. The molecule has 5 nitrogen and oxygen atoms in total. The summed E-state index contributed by atoms with van der Waals surface area (Å²) in [5, 5.41) is 7.57. The normalized spacial score (nSPS) is 10.4. The van der Waals surface area contributed by atoms with E-state index in [0.717, 1.165) is 16.8 Å². The van der Waals surface area contributed by atoms with Gasteiger partial charge in [0.25, 0.3) is 0 Å². The standard InChI is InChI=1S/C14H17ClN4O/c1-10-12(15)5-4-6-13(10)17-14(20)18(2)8-11-7-16-19(3)9-11/h4-7,9H,8H2,1-3H3,(H,17,20). The molecule has 0 bridgehead atoms. The number of halogens is 1. The van der Waals surface area contributed by atoms with Gasteiger partial charge in [-0.3, -0.25) is 4.68 Å². The van der Waals surface area contributed by atoms with E-state index in [-0.39, 0.29) is 6.03 Å². The van der Waals surface area contributed by atoms with Gasteiger partial charge in [-0.05, 0) is 24.6 Å². The van der Waals surface area contributed by atoms with Gasteiger partial charge in [-0.25, -0.2) is 4.79 Å². The molecule has 0 radical (unpaired) electrons. The molecule has 0 spiro atoms. The summed E-state index contributed by atoms with van der Waals surface area (Å²) in [6.45, 7) is 2.37. The average molecular weight is 293 g/mol. The van der Waals surface area contributed by atoms with E-state index in [1.807, 2.05) is 32.3 Å². The van der Waals surface area contributed by atoms with E-state index in [4.69, 9.17) is 11.6 Å². The number of aromatic nitrogens is 2. The fraction of sp³-hybridized carbons (Fsp3) is 0.286. The van der Waals surface area contributed by atoms with Gasteiger partial charge >= 0.3 is 6.03 Å². The van der Waals surface area contributed by atoms with E-state index in [2.05, 4.69) is 10.4 Å². The van der Waals surface area contributed by atoms with Crippen LogP contribution in [0.2, 0.25) is 5.02 Å². The number of nitrogens with one attached hydrogen (secondary N) is 1. The summed E-state index contributed by atoms with van der Waals surface area (Å²) in [7, 11) is 3.58. The van der Waals surface area contributed by atoms with Gasteiger partial charge in [0.15, 0.2) is 0 Å². The maximum Gasteiger partial charge on any atom is 0.321 e. The molecule has 1 aromatic carbocycles. The Hall–Kier alpha value is -2.01. The second kappa shape index (κ2) is 5.96. The highest BCUT2D eigenvalue weighted by Gasteiger charge is 2.12. The van der Waals surface area contributed by atoms with Gasteiger partial charge in [-0.2, -0.15) is 5.10 Å². The fourth-order valence-electron chi connectivity index (χ4n) is 1.85. The van der Waals surface area contributed by atoms with Crippen molar-refractivity contribution < 1.29 is 4.79 Å². The Morgan fingerprint density at radius 1 is 1.50 bits per heavy atom. The molecule has 106 valence electrons. The summed E-state index contributed by atoms with van der Waals surface area (Å²) < 4.78 is 1.71. The SMILES string of the molecule is Cc1c(Cl)cccc1NC(=O)N(C)Cc1cnn(C)c1. The van der Waals surface area contributed by atoms with Gasteiger partial charge in [0.05, 0.1) is 12.7 Å². The third-order valence-corrected chi connectivity index (χ3v) is 3.44.